The van der Waals surface area contributed by atoms with Gasteiger partial charge in [0.1, 0.15) is 11.5 Å². The lowest BCUT2D eigenvalue weighted by molar-refractivity contribution is -0.122. The van der Waals surface area contributed by atoms with E-state index in [1.54, 1.807) is 0 Å². The Morgan fingerprint density at radius 3 is 2.62 bits per heavy atom. The Bertz CT molecular complexity index is 489. The molecule has 0 saturated heterocycles. The highest BCUT2D eigenvalue weighted by atomic mass is 16.5. The molecular formula is C19H36N4O3. The maximum Gasteiger partial charge on any atom is 0.135 e. The highest BCUT2D eigenvalue weighted by Gasteiger charge is 2.06. The Kier molecular flexibility index (Phi) is 12.1. The van der Waals surface area contributed by atoms with Crippen LogP contribution in [0.2, 0.25) is 0 Å². The van der Waals surface area contributed by atoms with Crippen molar-refractivity contribution in [2.45, 2.75) is 72.6 Å². The zero-order chi connectivity index (χ0) is 19.2. The van der Waals surface area contributed by atoms with E-state index in [-0.39, 0.29) is 5.92 Å². The summed E-state index contributed by atoms with van der Waals surface area (Å²) >= 11 is 0. The zero-order valence-electron chi connectivity index (χ0n) is 16.9. The summed E-state index contributed by atoms with van der Waals surface area (Å²) in [6.45, 7) is 12.1. The number of carbonyl (C=O) groups excluding carboxylic acids is 1. The Morgan fingerprint density at radius 1 is 1.12 bits per heavy atom. The molecule has 0 atom stereocenters. The predicted molar refractivity (Wildman–Crippen MR) is 102 cm³/mol. The average molecular weight is 369 g/mol. The van der Waals surface area contributed by atoms with Gasteiger partial charge < -0.3 is 14.8 Å². The van der Waals surface area contributed by atoms with Crippen molar-refractivity contribution in [1.82, 2.24) is 20.3 Å². The van der Waals surface area contributed by atoms with E-state index in [9.17, 15) is 4.79 Å². The maximum atomic E-state index is 11.6. The number of aryl methyl sites for hydroxylation is 1. The number of unbranched alkanes of at least 4 members (excludes halogenated alkanes) is 2. The molecule has 0 bridgehead atoms. The highest BCUT2D eigenvalue weighted by Crippen LogP contribution is 2.07. The Morgan fingerprint density at radius 2 is 1.88 bits per heavy atom. The van der Waals surface area contributed by atoms with Gasteiger partial charge in [0.15, 0.2) is 0 Å². The van der Waals surface area contributed by atoms with Gasteiger partial charge in [0.2, 0.25) is 0 Å². The number of Topliss-reactive ketones (excluding diaryl/α,β-unsaturated/α-hetero) is 1. The van der Waals surface area contributed by atoms with Gasteiger partial charge in [0.25, 0.3) is 0 Å². The molecule has 0 aliphatic heterocycles. The second kappa shape index (κ2) is 13.8. The number of hydrogen-bond acceptors (Lipinski definition) is 6. The van der Waals surface area contributed by atoms with E-state index in [0.29, 0.717) is 44.7 Å². The van der Waals surface area contributed by atoms with Crippen molar-refractivity contribution in [3.63, 3.8) is 0 Å². The first-order valence-corrected chi connectivity index (χ1v) is 9.79. The molecule has 7 nitrogen and oxygen atoms in total. The molecule has 0 spiro atoms. The topological polar surface area (TPSA) is 78.3 Å². The van der Waals surface area contributed by atoms with Crippen LogP contribution in [0.5, 0.6) is 0 Å². The molecule has 150 valence electrons. The molecule has 0 aliphatic carbocycles. The number of ether oxygens (including phenoxy) is 2. The summed E-state index contributed by atoms with van der Waals surface area (Å²) in [5, 5.41) is 11.5. The zero-order valence-corrected chi connectivity index (χ0v) is 16.9. The lowest BCUT2D eigenvalue weighted by Gasteiger charge is -2.08. The van der Waals surface area contributed by atoms with E-state index >= 15 is 0 Å². The molecule has 1 heterocycles. The van der Waals surface area contributed by atoms with E-state index in [2.05, 4.69) is 29.5 Å². The molecule has 0 aromatic carbocycles. The third-order valence-corrected chi connectivity index (χ3v) is 3.96. The maximum absolute atomic E-state index is 11.6. The summed E-state index contributed by atoms with van der Waals surface area (Å²) in [4.78, 5) is 11.6. The summed E-state index contributed by atoms with van der Waals surface area (Å²) in [6.07, 6.45) is 5.60. The lowest BCUT2D eigenvalue weighted by Crippen LogP contribution is -2.27. The number of carbonyl (C=O) groups is 1. The largest absolute Gasteiger partial charge is 0.378 e. The average Bonchev–Trinajstić information content (AvgIpc) is 3.04. The smallest absolute Gasteiger partial charge is 0.135 e. The highest BCUT2D eigenvalue weighted by molar-refractivity contribution is 5.80. The first-order chi connectivity index (χ1) is 12.5. The first kappa shape index (κ1) is 22.7. The number of hydrogen-bond donors (Lipinski definition) is 1. The van der Waals surface area contributed by atoms with Crippen molar-refractivity contribution in [2.75, 3.05) is 26.4 Å². The molecule has 1 aromatic heterocycles. The summed E-state index contributed by atoms with van der Waals surface area (Å²) < 4.78 is 12.9. The van der Waals surface area contributed by atoms with Gasteiger partial charge in [-0.15, -0.1) is 5.10 Å². The van der Waals surface area contributed by atoms with Crippen LogP contribution >= 0.6 is 0 Å². The van der Waals surface area contributed by atoms with E-state index in [4.69, 9.17) is 9.47 Å². The molecule has 0 aliphatic rings. The molecule has 0 radical (unpaired) electrons. The standard InChI is InChI=1S/C19H36N4O3/c1-16(2)19(24)8-6-5-7-10-23-14-18(21-22-23)15-26-13-12-25-11-9-20-17(3)4/h14,16-17,20H,5-13,15H2,1-4H3. The van der Waals surface area contributed by atoms with Crippen LogP contribution < -0.4 is 5.32 Å². The van der Waals surface area contributed by atoms with Crippen molar-refractivity contribution in [3.05, 3.63) is 11.9 Å². The van der Waals surface area contributed by atoms with Crippen LogP contribution in [0.1, 0.15) is 59.1 Å². The number of aromatic nitrogens is 3. The number of nitrogens with one attached hydrogen (secondary N) is 1. The van der Waals surface area contributed by atoms with Crippen LogP contribution in [0, 0.1) is 5.92 Å². The Hall–Kier alpha value is -1.31. The second-order valence-corrected chi connectivity index (χ2v) is 7.18. The van der Waals surface area contributed by atoms with Gasteiger partial charge in [-0.3, -0.25) is 9.48 Å². The number of ketones is 1. The molecule has 0 unspecified atom stereocenters. The normalized spacial score (nSPS) is 11.6. The van der Waals surface area contributed by atoms with Gasteiger partial charge in [-0.1, -0.05) is 39.3 Å². The Balaban J connectivity index is 2.00. The Labute approximate surface area is 157 Å². The van der Waals surface area contributed by atoms with Gasteiger partial charge in [-0.25, -0.2) is 0 Å². The SMILES string of the molecule is CC(C)NCCOCCOCc1cn(CCCCCC(=O)C(C)C)nn1. The molecule has 0 amide bonds. The van der Waals surface area contributed by atoms with Crippen molar-refractivity contribution in [1.29, 1.82) is 0 Å². The summed E-state index contributed by atoms with van der Waals surface area (Å²) in [7, 11) is 0. The molecular weight excluding hydrogens is 332 g/mol. The first-order valence-electron chi connectivity index (χ1n) is 9.79. The van der Waals surface area contributed by atoms with E-state index < -0.39 is 0 Å². The molecule has 26 heavy (non-hydrogen) atoms. The van der Waals surface area contributed by atoms with Crippen molar-refractivity contribution < 1.29 is 14.3 Å². The minimum absolute atomic E-state index is 0.148. The van der Waals surface area contributed by atoms with Crippen molar-refractivity contribution >= 4 is 5.78 Å². The minimum Gasteiger partial charge on any atom is -0.378 e. The summed E-state index contributed by atoms with van der Waals surface area (Å²) in [5.41, 5.74) is 0.835. The summed E-state index contributed by atoms with van der Waals surface area (Å²) in [6, 6.07) is 0.486. The molecule has 1 N–H and O–H groups in total. The van der Waals surface area contributed by atoms with E-state index in [1.807, 2.05) is 24.7 Å². The minimum atomic E-state index is 0.148. The molecule has 1 rings (SSSR count). The van der Waals surface area contributed by atoms with Gasteiger partial charge in [0, 0.05) is 31.5 Å². The monoisotopic (exact) mass is 368 g/mol. The fourth-order valence-electron chi connectivity index (χ4n) is 2.37. The second-order valence-electron chi connectivity index (χ2n) is 7.18. The molecule has 1 aromatic rings. The van der Waals surface area contributed by atoms with Crippen LogP contribution in [0.4, 0.5) is 0 Å². The van der Waals surface area contributed by atoms with Crippen LogP contribution in [0.25, 0.3) is 0 Å². The van der Waals surface area contributed by atoms with Crippen LogP contribution in [-0.2, 0) is 27.4 Å². The third kappa shape index (κ3) is 11.3. The van der Waals surface area contributed by atoms with Crippen molar-refractivity contribution in [2.24, 2.45) is 5.92 Å². The van der Waals surface area contributed by atoms with Crippen LogP contribution in [-0.4, -0.2) is 53.2 Å². The third-order valence-electron chi connectivity index (χ3n) is 3.96. The molecule has 0 fully saturated rings. The lowest BCUT2D eigenvalue weighted by atomic mass is 10.0. The fraction of sp³-hybridized carbons (Fsp3) is 0.842. The van der Waals surface area contributed by atoms with Gasteiger partial charge in [-0.2, -0.15) is 0 Å². The quantitative estimate of drug-likeness (QED) is 0.452. The number of nitrogens with zero attached hydrogens (tertiary/aromatic N) is 3. The van der Waals surface area contributed by atoms with Gasteiger partial charge in [0.05, 0.1) is 32.6 Å². The van der Waals surface area contributed by atoms with Crippen LogP contribution in [0.3, 0.4) is 0 Å². The van der Waals surface area contributed by atoms with Crippen molar-refractivity contribution in [3.8, 4) is 0 Å². The number of rotatable bonds is 16. The molecule has 7 heteroatoms. The fourth-order valence-corrected chi connectivity index (χ4v) is 2.37. The van der Waals surface area contributed by atoms with Crippen LogP contribution in [0.15, 0.2) is 6.20 Å². The summed E-state index contributed by atoms with van der Waals surface area (Å²) in [5.74, 6) is 0.500. The molecule has 0 saturated carbocycles. The van der Waals surface area contributed by atoms with Gasteiger partial charge >= 0.3 is 0 Å². The van der Waals surface area contributed by atoms with E-state index in [1.165, 1.54) is 0 Å². The van der Waals surface area contributed by atoms with Gasteiger partial charge in [-0.05, 0) is 12.8 Å². The van der Waals surface area contributed by atoms with E-state index in [0.717, 1.165) is 38.0 Å². The predicted octanol–water partition coefficient (Wildman–Crippen LogP) is 2.59.